The maximum atomic E-state index is 14.1. The molecule has 2 amide bonds. The molecule has 21 heavy (non-hydrogen) atoms. The van der Waals surface area contributed by atoms with E-state index in [1.165, 1.54) is 11.8 Å². The summed E-state index contributed by atoms with van der Waals surface area (Å²) in [5, 5.41) is 0. The van der Waals surface area contributed by atoms with Gasteiger partial charge in [0.1, 0.15) is 17.8 Å². The third-order valence-electron chi connectivity index (χ3n) is 4.03. The topological polar surface area (TPSA) is 40.6 Å². The molecule has 4 nitrogen and oxygen atoms in total. The zero-order valence-corrected chi connectivity index (χ0v) is 12.9. The van der Waals surface area contributed by atoms with Crippen LogP contribution in [-0.4, -0.2) is 35.3 Å². The monoisotopic (exact) mass is 358 g/mol. The van der Waals surface area contributed by atoms with Gasteiger partial charge in [-0.15, -0.1) is 0 Å². The predicted molar refractivity (Wildman–Crippen MR) is 75.7 cm³/mol. The molecule has 0 radical (unpaired) electrons. The fourth-order valence-corrected chi connectivity index (χ4v) is 3.46. The lowest BCUT2D eigenvalue weighted by atomic mass is 10.0. The minimum atomic E-state index is -0.906. The molecular formula is C14H13BrF2N2O2. The summed E-state index contributed by atoms with van der Waals surface area (Å²) in [7, 11) is 0. The molecule has 112 valence electrons. The summed E-state index contributed by atoms with van der Waals surface area (Å²) < 4.78 is 28.5. The first-order valence-corrected chi connectivity index (χ1v) is 7.49. The lowest BCUT2D eigenvalue weighted by Gasteiger charge is -2.40. The molecular weight excluding hydrogens is 346 g/mol. The largest absolute Gasteiger partial charge is 0.329 e. The van der Waals surface area contributed by atoms with E-state index in [-0.39, 0.29) is 10.4 Å². The van der Waals surface area contributed by atoms with Crippen molar-refractivity contribution in [3.8, 4) is 0 Å². The second-order valence-electron chi connectivity index (χ2n) is 5.29. The average Bonchev–Trinajstić information content (AvgIpc) is 2.88. The molecule has 2 fully saturated rings. The van der Waals surface area contributed by atoms with Gasteiger partial charge in [-0.3, -0.25) is 14.5 Å². The molecule has 2 unspecified atom stereocenters. The van der Waals surface area contributed by atoms with E-state index in [9.17, 15) is 18.4 Å². The smallest absolute Gasteiger partial charge is 0.250 e. The number of nitrogens with zero attached hydrogens (tertiary/aromatic N) is 2. The number of carbonyl (C=O) groups is 2. The van der Waals surface area contributed by atoms with Gasteiger partial charge in [-0.05, 0) is 31.9 Å². The Labute approximate surface area is 128 Å². The van der Waals surface area contributed by atoms with E-state index < -0.39 is 35.3 Å². The first-order valence-electron chi connectivity index (χ1n) is 6.70. The summed E-state index contributed by atoms with van der Waals surface area (Å²) in [6.07, 6.45) is 1.27. The van der Waals surface area contributed by atoms with Crippen molar-refractivity contribution in [1.82, 2.24) is 4.90 Å². The van der Waals surface area contributed by atoms with Gasteiger partial charge in [0.15, 0.2) is 11.6 Å². The molecule has 0 saturated carbocycles. The van der Waals surface area contributed by atoms with Crippen LogP contribution in [0.5, 0.6) is 0 Å². The van der Waals surface area contributed by atoms with Crippen molar-refractivity contribution in [2.45, 2.75) is 31.8 Å². The Morgan fingerprint density at radius 1 is 1.19 bits per heavy atom. The normalized spacial score (nSPS) is 25.5. The molecule has 0 N–H and O–H groups in total. The second kappa shape index (κ2) is 5.05. The first kappa shape index (κ1) is 14.4. The molecule has 2 heterocycles. The third-order valence-corrected chi connectivity index (χ3v) is 4.48. The van der Waals surface area contributed by atoms with E-state index in [4.69, 9.17) is 0 Å². The molecule has 0 bridgehead atoms. The van der Waals surface area contributed by atoms with Gasteiger partial charge in [-0.2, -0.15) is 0 Å². The van der Waals surface area contributed by atoms with Crippen LogP contribution >= 0.6 is 15.9 Å². The van der Waals surface area contributed by atoms with Gasteiger partial charge in [0.25, 0.3) is 5.91 Å². The van der Waals surface area contributed by atoms with Crippen LogP contribution in [0.1, 0.15) is 19.8 Å². The van der Waals surface area contributed by atoms with Crippen molar-refractivity contribution in [2.24, 2.45) is 0 Å². The van der Waals surface area contributed by atoms with Crippen LogP contribution in [0.3, 0.4) is 0 Å². The number of benzene rings is 1. The SMILES string of the molecule is CC1C(=O)N2CCCC2C(=O)N1c1c(F)cc(Br)cc1F. The Morgan fingerprint density at radius 2 is 1.81 bits per heavy atom. The van der Waals surface area contributed by atoms with Crippen LogP contribution in [0.25, 0.3) is 0 Å². The molecule has 2 saturated heterocycles. The second-order valence-corrected chi connectivity index (χ2v) is 6.21. The summed E-state index contributed by atoms with van der Waals surface area (Å²) >= 11 is 3.00. The maximum absolute atomic E-state index is 14.1. The lowest BCUT2D eigenvalue weighted by Crippen LogP contribution is -2.62. The number of hydrogen-bond acceptors (Lipinski definition) is 2. The predicted octanol–water partition coefficient (Wildman–Crippen LogP) is 2.45. The van der Waals surface area contributed by atoms with Crippen LogP contribution in [0.2, 0.25) is 0 Å². The quantitative estimate of drug-likeness (QED) is 0.773. The summed E-state index contributed by atoms with van der Waals surface area (Å²) in [6, 6.07) is 0.668. The standard InChI is InChI=1S/C14H13BrF2N2O2/c1-7-13(20)18-4-2-3-11(18)14(21)19(7)12-9(16)5-8(15)6-10(12)17/h5-7,11H,2-4H2,1H3. The molecule has 3 rings (SSSR count). The van der Waals surface area contributed by atoms with Crippen molar-refractivity contribution >= 4 is 33.4 Å². The molecule has 7 heteroatoms. The van der Waals surface area contributed by atoms with Crippen LogP contribution < -0.4 is 4.90 Å². The van der Waals surface area contributed by atoms with Gasteiger partial charge >= 0.3 is 0 Å². The van der Waals surface area contributed by atoms with Gasteiger partial charge in [-0.25, -0.2) is 8.78 Å². The highest BCUT2D eigenvalue weighted by molar-refractivity contribution is 9.10. The minimum Gasteiger partial charge on any atom is -0.329 e. The van der Waals surface area contributed by atoms with E-state index in [2.05, 4.69) is 15.9 Å². The number of rotatable bonds is 1. The van der Waals surface area contributed by atoms with E-state index in [0.717, 1.165) is 23.5 Å². The third kappa shape index (κ3) is 2.14. The van der Waals surface area contributed by atoms with E-state index in [1.807, 2.05) is 0 Å². The fourth-order valence-electron chi connectivity index (χ4n) is 3.06. The number of anilines is 1. The molecule has 0 aliphatic carbocycles. The average molecular weight is 359 g/mol. The molecule has 0 aromatic heterocycles. The molecule has 2 atom stereocenters. The highest BCUT2D eigenvalue weighted by Gasteiger charge is 2.47. The van der Waals surface area contributed by atoms with Crippen LogP contribution in [0.15, 0.2) is 16.6 Å². The highest BCUT2D eigenvalue weighted by atomic mass is 79.9. The zero-order valence-electron chi connectivity index (χ0n) is 11.3. The maximum Gasteiger partial charge on any atom is 0.250 e. The van der Waals surface area contributed by atoms with Crippen molar-refractivity contribution in [1.29, 1.82) is 0 Å². The number of amides is 2. The number of piperazine rings is 1. The first-order chi connectivity index (χ1) is 9.91. The molecule has 1 aromatic rings. The van der Waals surface area contributed by atoms with E-state index >= 15 is 0 Å². The summed E-state index contributed by atoms with van der Waals surface area (Å²) in [5.74, 6) is -2.40. The summed E-state index contributed by atoms with van der Waals surface area (Å²) in [6.45, 7) is 2.02. The van der Waals surface area contributed by atoms with E-state index in [0.29, 0.717) is 13.0 Å². The van der Waals surface area contributed by atoms with Crippen molar-refractivity contribution in [3.05, 3.63) is 28.2 Å². The number of hydrogen-bond donors (Lipinski definition) is 0. The Balaban J connectivity index is 2.09. The Bertz CT molecular complexity index is 614. The Hall–Kier alpha value is -1.50. The number of carbonyl (C=O) groups excluding carboxylic acids is 2. The fraction of sp³-hybridized carbons (Fsp3) is 0.429. The Kier molecular flexibility index (Phi) is 3.47. The Morgan fingerprint density at radius 3 is 2.43 bits per heavy atom. The van der Waals surface area contributed by atoms with Crippen LogP contribution in [0.4, 0.5) is 14.5 Å². The van der Waals surface area contributed by atoms with Gasteiger partial charge in [0, 0.05) is 11.0 Å². The number of halogens is 3. The van der Waals surface area contributed by atoms with Crippen LogP contribution in [-0.2, 0) is 9.59 Å². The zero-order chi connectivity index (χ0) is 15.3. The number of fused-ring (bicyclic) bond motifs is 1. The molecule has 1 aromatic carbocycles. The lowest BCUT2D eigenvalue weighted by molar-refractivity contribution is -0.143. The summed E-state index contributed by atoms with van der Waals surface area (Å²) in [4.78, 5) is 27.3. The van der Waals surface area contributed by atoms with Crippen molar-refractivity contribution in [3.63, 3.8) is 0 Å². The molecule has 2 aliphatic rings. The highest BCUT2D eigenvalue weighted by Crippen LogP contribution is 2.34. The minimum absolute atomic E-state index is 0.243. The van der Waals surface area contributed by atoms with Crippen molar-refractivity contribution in [2.75, 3.05) is 11.4 Å². The van der Waals surface area contributed by atoms with Gasteiger partial charge in [0.2, 0.25) is 5.91 Å². The van der Waals surface area contributed by atoms with Gasteiger partial charge < -0.3 is 4.90 Å². The van der Waals surface area contributed by atoms with Crippen LogP contribution in [0, 0.1) is 11.6 Å². The van der Waals surface area contributed by atoms with Gasteiger partial charge in [-0.1, -0.05) is 15.9 Å². The molecule has 0 spiro atoms. The van der Waals surface area contributed by atoms with E-state index in [1.54, 1.807) is 0 Å². The van der Waals surface area contributed by atoms with Crippen molar-refractivity contribution < 1.29 is 18.4 Å². The summed E-state index contributed by atoms with van der Waals surface area (Å²) in [5.41, 5.74) is -0.449. The van der Waals surface area contributed by atoms with Gasteiger partial charge in [0.05, 0.1) is 0 Å². The molecule has 2 aliphatic heterocycles.